The van der Waals surface area contributed by atoms with Crippen molar-refractivity contribution in [2.24, 2.45) is 0 Å². The predicted molar refractivity (Wildman–Crippen MR) is 106 cm³/mol. The molecule has 0 unspecified atom stereocenters. The van der Waals surface area contributed by atoms with Crippen LogP contribution in [0.5, 0.6) is 0 Å². The SMILES string of the molecule is O=C(CCCCCCCCCCCCCCCS)ON1C(=O)CCC1=O. The van der Waals surface area contributed by atoms with Gasteiger partial charge in [-0.3, -0.25) is 9.59 Å². The summed E-state index contributed by atoms with van der Waals surface area (Å²) in [4.78, 5) is 39.2. The molecule has 1 heterocycles. The Kier molecular flexibility index (Phi) is 13.3. The van der Waals surface area contributed by atoms with Crippen LogP contribution in [0.25, 0.3) is 0 Å². The van der Waals surface area contributed by atoms with Crippen molar-refractivity contribution in [2.45, 2.75) is 103 Å². The summed E-state index contributed by atoms with van der Waals surface area (Å²) in [6, 6.07) is 0. The zero-order valence-electron chi connectivity index (χ0n) is 16.0. The summed E-state index contributed by atoms with van der Waals surface area (Å²) in [6.45, 7) is 0. The summed E-state index contributed by atoms with van der Waals surface area (Å²) < 4.78 is 0. The topological polar surface area (TPSA) is 63.7 Å². The first-order valence-corrected chi connectivity index (χ1v) is 11.0. The van der Waals surface area contributed by atoms with Crippen molar-refractivity contribution in [1.29, 1.82) is 0 Å². The average Bonchev–Trinajstić information content (AvgIpc) is 2.94. The minimum Gasteiger partial charge on any atom is -0.330 e. The molecule has 0 spiro atoms. The number of thiol groups is 1. The monoisotopic (exact) mass is 385 g/mol. The summed E-state index contributed by atoms with van der Waals surface area (Å²) in [7, 11) is 0. The number of hydroxylamine groups is 2. The number of nitrogens with zero attached hydrogens (tertiary/aromatic N) is 1. The first kappa shape index (κ1) is 23.0. The lowest BCUT2D eigenvalue weighted by molar-refractivity contribution is -0.197. The third-order valence-electron chi connectivity index (χ3n) is 4.74. The number of rotatable bonds is 16. The highest BCUT2D eigenvalue weighted by Gasteiger charge is 2.32. The fourth-order valence-electron chi connectivity index (χ4n) is 3.13. The molecule has 1 aliphatic rings. The highest BCUT2D eigenvalue weighted by atomic mass is 32.1. The van der Waals surface area contributed by atoms with Gasteiger partial charge in [-0.1, -0.05) is 70.6 Å². The number of imide groups is 1. The lowest BCUT2D eigenvalue weighted by Crippen LogP contribution is -2.31. The lowest BCUT2D eigenvalue weighted by Gasteiger charge is -2.12. The van der Waals surface area contributed by atoms with Crippen LogP contribution in [-0.4, -0.2) is 28.6 Å². The van der Waals surface area contributed by atoms with Crippen molar-refractivity contribution in [3.05, 3.63) is 0 Å². The van der Waals surface area contributed by atoms with Crippen molar-refractivity contribution in [1.82, 2.24) is 5.06 Å². The van der Waals surface area contributed by atoms with Crippen LogP contribution in [0.1, 0.15) is 103 Å². The van der Waals surface area contributed by atoms with Crippen LogP contribution in [0.15, 0.2) is 0 Å². The van der Waals surface area contributed by atoms with Crippen LogP contribution in [0.2, 0.25) is 0 Å². The molecule has 0 saturated carbocycles. The van der Waals surface area contributed by atoms with Gasteiger partial charge in [-0.2, -0.15) is 12.6 Å². The minimum absolute atomic E-state index is 0.141. The standard InChI is InChI=1S/C20H35NO4S/c22-18-15-16-19(23)21(18)25-20(24)14-12-10-8-6-4-2-1-3-5-7-9-11-13-17-26/h26H,1-17H2. The Balaban J connectivity index is 1.82. The van der Waals surface area contributed by atoms with Gasteiger partial charge in [0, 0.05) is 19.3 Å². The van der Waals surface area contributed by atoms with E-state index in [1.807, 2.05) is 0 Å². The first-order chi connectivity index (χ1) is 12.6. The third-order valence-corrected chi connectivity index (χ3v) is 5.05. The van der Waals surface area contributed by atoms with Crippen molar-refractivity contribution < 1.29 is 19.2 Å². The van der Waals surface area contributed by atoms with Gasteiger partial charge in [-0.25, -0.2) is 4.79 Å². The van der Waals surface area contributed by atoms with Crippen LogP contribution in [-0.2, 0) is 19.2 Å². The lowest BCUT2D eigenvalue weighted by atomic mass is 10.0. The molecule has 0 aromatic rings. The molecule has 0 aliphatic carbocycles. The second-order valence-electron chi connectivity index (χ2n) is 7.11. The van der Waals surface area contributed by atoms with E-state index in [4.69, 9.17) is 4.84 Å². The van der Waals surface area contributed by atoms with Crippen molar-refractivity contribution >= 4 is 30.4 Å². The average molecular weight is 386 g/mol. The Morgan fingerprint density at radius 2 is 1.12 bits per heavy atom. The highest BCUT2D eigenvalue weighted by Crippen LogP contribution is 2.15. The molecule has 26 heavy (non-hydrogen) atoms. The Morgan fingerprint density at radius 1 is 0.731 bits per heavy atom. The maximum absolute atomic E-state index is 11.6. The number of carbonyl (C=O) groups excluding carboxylic acids is 3. The molecule has 5 nitrogen and oxygen atoms in total. The van der Waals surface area contributed by atoms with Crippen LogP contribution in [0.4, 0.5) is 0 Å². The Morgan fingerprint density at radius 3 is 1.54 bits per heavy atom. The summed E-state index contributed by atoms with van der Waals surface area (Å²) in [6.07, 6.45) is 16.5. The molecule has 150 valence electrons. The molecule has 0 atom stereocenters. The fourth-order valence-corrected chi connectivity index (χ4v) is 3.35. The van der Waals surface area contributed by atoms with Crippen LogP contribution >= 0.6 is 12.6 Å². The van der Waals surface area contributed by atoms with Crippen molar-refractivity contribution in [2.75, 3.05) is 5.75 Å². The molecule has 6 heteroatoms. The van der Waals surface area contributed by atoms with Gasteiger partial charge in [-0.05, 0) is 18.6 Å². The molecule has 0 aromatic carbocycles. The minimum atomic E-state index is -0.483. The maximum atomic E-state index is 11.6. The summed E-state index contributed by atoms with van der Waals surface area (Å²) in [5, 5.41) is 0.628. The smallest absolute Gasteiger partial charge is 0.330 e. The third kappa shape index (κ3) is 10.8. The van der Waals surface area contributed by atoms with E-state index in [1.165, 1.54) is 64.2 Å². The molecule has 1 fully saturated rings. The summed E-state index contributed by atoms with van der Waals surface area (Å²) in [5.74, 6) is -0.302. The normalized spacial score (nSPS) is 14.3. The summed E-state index contributed by atoms with van der Waals surface area (Å²) in [5.41, 5.74) is 0. The molecular weight excluding hydrogens is 350 g/mol. The van der Waals surface area contributed by atoms with E-state index in [-0.39, 0.29) is 19.3 Å². The first-order valence-electron chi connectivity index (χ1n) is 10.3. The molecule has 2 amide bonds. The van der Waals surface area contributed by atoms with Crippen molar-refractivity contribution in [3.8, 4) is 0 Å². The maximum Gasteiger partial charge on any atom is 0.333 e. The van der Waals surface area contributed by atoms with E-state index < -0.39 is 17.8 Å². The number of hydrogen-bond acceptors (Lipinski definition) is 5. The molecular formula is C20H35NO4S. The second kappa shape index (κ2) is 15.1. The number of amides is 2. The van der Waals surface area contributed by atoms with E-state index in [0.29, 0.717) is 5.06 Å². The fraction of sp³-hybridized carbons (Fsp3) is 0.850. The van der Waals surface area contributed by atoms with E-state index in [0.717, 1.165) is 25.0 Å². The van der Waals surface area contributed by atoms with Gasteiger partial charge in [0.2, 0.25) is 0 Å². The van der Waals surface area contributed by atoms with E-state index in [1.54, 1.807) is 0 Å². The second-order valence-corrected chi connectivity index (χ2v) is 7.56. The summed E-state index contributed by atoms with van der Waals surface area (Å²) >= 11 is 4.22. The zero-order chi connectivity index (χ0) is 19.0. The van der Waals surface area contributed by atoms with Gasteiger partial charge in [0.15, 0.2) is 0 Å². The van der Waals surface area contributed by atoms with Crippen molar-refractivity contribution in [3.63, 3.8) is 0 Å². The van der Waals surface area contributed by atoms with E-state index in [9.17, 15) is 14.4 Å². The molecule has 0 aromatic heterocycles. The molecule has 1 saturated heterocycles. The van der Waals surface area contributed by atoms with E-state index >= 15 is 0 Å². The van der Waals surface area contributed by atoms with Crippen LogP contribution < -0.4 is 0 Å². The van der Waals surface area contributed by atoms with E-state index in [2.05, 4.69) is 12.6 Å². The highest BCUT2D eigenvalue weighted by molar-refractivity contribution is 7.80. The van der Waals surface area contributed by atoms with Gasteiger partial charge in [-0.15, -0.1) is 5.06 Å². The van der Waals surface area contributed by atoms with Crippen LogP contribution in [0.3, 0.4) is 0 Å². The Labute approximate surface area is 163 Å². The quantitative estimate of drug-likeness (QED) is 0.231. The van der Waals surface area contributed by atoms with Gasteiger partial charge in [0.25, 0.3) is 11.8 Å². The number of carbonyl (C=O) groups is 3. The zero-order valence-corrected chi connectivity index (χ0v) is 16.9. The largest absolute Gasteiger partial charge is 0.333 e. The molecule has 1 rings (SSSR count). The predicted octanol–water partition coefficient (Wildman–Crippen LogP) is 4.98. The molecule has 0 N–H and O–H groups in total. The Bertz CT molecular complexity index is 412. The van der Waals surface area contributed by atoms with Gasteiger partial charge >= 0.3 is 5.97 Å². The number of hydrogen-bond donors (Lipinski definition) is 1. The molecule has 0 bridgehead atoms. The molecule has 0 radical (unpaired) electrons. The van der Waals surface area contributed by atoms with Gasteiger partial charge in [0.1, 0.15) is 0 Å². The van der Waals surface area contributed by atoms with Gasteiger partial charge < -0.3 is 4.84 Å². The Hall–Kier alpha value is -1.04. The van der Waals surface area contributed by atoms with Crippen LogP contribution in [0, 0.1) is 0 Å². The molecule has 1 aliphatic heterocycles. The number of unbranched alkanes of at least 4 members (excludes halogenated alkanes) is 12. The van der Waals surface area contributed by atoms with Gasteiger partial charge in [0.05, 0.1) is 0 Å².